The van der Waals surface area contributed by atoms with E-state index in [-0.39, 0.29) is 44.1 Å². The van der Waals surface area contributed by atoms with Gasteiger partial charge in [-0.05, 0) is 69.2 Å². The van der Waals surface area contributed by atoms with Gasteiger partial charge in [0.15, 0.2) is 0 Å². The van der Waals surface area contributed by atoms with E-state index < -0.39 is 34.7 Å². The van der Waals surface area contributed by atoms with Crippen LogP contribution in [0.1, 0.15) is 98.7 Å². The highest BCUT2D eigenvalue weighted by atomic mass is 19.4. The number of hydrogen-bond donors (Lipinski definition) is 1. The number of hydrogen-bond acceptors (Lipinski definition) is 4. The number of nitrogens with one attached hydrogen (secondary N) is 1. The fraction of sp³-hybridized carbons (Fsp3) is 0.559. The first kappa shape index (κ1) is 31.9. The third kappa shape index (κ3) is 6.74. The lowest BCUT2D eigenvalue weighted by Gasteiger charge is -2.42. The smallest absolute Gasteiger partial charge is 0.417 e. The number of alkyl halides is 3. The number of carbonyl (C=O) groups excluding carboxylic acids is 3. The Morgan fingerprint density at radius 2 is 1.73 bits per heavy atom. The molecule has 7 nitrogen and oxygen atoms in total. The average Bonchev–Trinajstić information content (AvgIpc) is 3.47. The molecule has 0 atom stereocenters. The summed E-state index contributed by atoms with van der Waals surface area (Å²) in [7, 11) is 0. The van der Waals surface area contributed by atoms with Gasteiger partial charge >= 0.3 is 12.3 Å². The van der Waals surface area contributed by atoms with Gasteiger partial charge in [-0.2, -0.15) is 13.2 Å². The highest BCUT2D eigenvalue weighted by Gasteiger charge is 2.49. The maximum absolute atomic E-state index is 14.6. The van der Waals surface area contributed by atoms with Crippen LogP contribution >= 0.6 is 0 Å². The van der Waals surface area contributed by atoms with Crippen molar-refractivity contribution in [3.8, 4) is 0 Å². The predicted octanol–water partition coefficient (Wildman–Crippen LogP) is 7.26. The monoisotopic (exact) mass is 613 g/mol. The largest absolute Gasteiger partial charge is 0.445 e. The number of rotatable bonds is 8. The number of nitrogens with zero attached hydrogens (tertiary/aromatic N) is 2. The lowest BCUT2D eigenvalue weighted by molar-refractivity contribution is -0.138. The normalized spacial score (nSPS) is 18.4. The van der Waals surface area contributed by atoms with Gasteiger partial charge in [0.25, 0.3) is 5.91 Å². The van der Waals surface area contributed by atoms with Gasteiger partial charge in [-0.15, -0.1) is 0 Å². The molecule has 1 N–H and O–H groups in total. The van der Waals surface area contributed by atoms with Gasteiger partial charge in [0.2, 0.25) is 5.91 Å². The Morgan fingerprint density at radius 3 is 2.36 bits per heavy atom. The minimum absolute atomic E-state index is 0.0410. The molecule has 3 amide bonds. The van der Waals surface area contributed by atoms with E-state index in [1.807, 2.05) is 44.2 Å². The van der Waals surface area contributed by atoms with E-state index in [0.717, 1.165) is 56.6 Å². The van der Waals surface area contributed by atoms with Crippen molar-refractivity contribution in [2.24, 2.45) is 5.41 Å². The van der Waals surface area contributed by atoms with Crippen LogP contribution in [0.3, 0.4) is 0 Å². The molecule has 238 valence electrons. The second-order valence-electron chi connectivity index (χ2n) is 12.7. The number of halogens is 3. The molecular weight excluding hydrogens is 571 g/mol. The van der Waals surface area contributed by atoms with Gasteiger partial charge in [0.05, 0.1) is 16.5 Å². The van der Waals surface area contributed by atoms with Crippen LogP contribution in [0, 0.1) is 5.41 Å². The van der Waals surface area contributed by atoms with Crippen molar-refractivity contribution in [1.82, 2.24) is 10.2 Å². The van der Waals surface area contributed by atoms with E-state index in [1.165, 1.54) is 11.0 Å². The van der Waals surface area contributed by atoms with Crippen molar-refractivity contribution < 1.29 is 32.3 Å². The Labute approximate surface area is 257 Å². The first-order valence-electron chi connectivity index (χ1n) is 15.8. The van der Waals surface area contributed by atoms with Crippen molar-refractivity contribution in [3.05, 3.63) is 64.7 Å². The molecule has 0 aromatic heterocycles. The summed E-state index contributed by atoms with van der Waals surface area (Å²) in [5, 5.41) is 2.67. The van der Waals surface area contributed by atoms with Gasteiger partial charge < -0.3 is 19.9 Å². The number of alkyl carbamates (subject to hydrolysis) is 1. The number of ether oxygens (including phenoxy) is 1. The summed E-state index contributed by atoms with van der Waals surface area (Å²) < 4.78 is 49.1. The summed E-state index contributed by atoms with van der Waals surface area (Å²) in [5.74, 6) is -0.814. The number of benzene rings is 2. The highest BCUT2D eigenvalue weighted by Crippen LogP contribution is 2.49. The van der Waals surface area contributed by atoms with Crippen LogP contribution in [-0.2, 0) is 28.7 Å². The highest BCUT2D eigenvalue weighted by molar-refractivity contribution is 6.04. The van der Waals surface area contributed by atoms with Crippen molar-refractivity contribution in [3.63, 3.8) is 0 Å². The molecule has 0 bridgehead atoms. The molecule has 2 saturated carbocycles. The van der Waals surface area contributed by atoms with E-state index in [9.17, 15) is 27.6 Å². The quantitative estimate of drug-likeness (QED) is 0.340. The minimum atomic E-state index is -4.74. The van der Waals surface area contributed by atoms with Gasteiger partial charge in [-0.25, -0.2) is 4.79 Å². The van der Waals surface area contributed by atoms with Crippen LogP contribution in [-0.4, -0.2) is 48.0 Å². The number of carbonyl (C=O) groups is 3. The van der Waals surface area contributed by atoms with E-state index in [4.69, 9.17) is 4.74 Å². The van der Waals surface area contributed by atoms with Gasteiger partial charge in [-0.1, -0.05) is 62.4 Å². The Hall–Kier alpha value is -3.56. The summed E-state index contributed by atoms with van der Waals surface area (Å²) in [6, 6.07) is 11.2. The van der Waals surface area contributed by atoms with Gasteiger partial charge in [0, 0.05) is 30.9 Å². The van der Waals surface area contributed by atoms with E-state index in [0.29, 0.717) is 24.1 Å². The Morgan fingerprint density at radius 1 is 1.05 bits per heavy atom. The topological polar surface area (TPSA) is 79.0 Å². The van der Waals surface area contributed by atoms with Crippen LogP contribution in [0.25, 0.3) is 0 Å². The first-order chi connectivity index (χ1) is 21.0. The zero-order valence-electron chi connectivity index (χ0n) is 25.5. The molecule has 10 heteroatoms. The lowest BCUT2D eigenvalue weighted by atomic mass is 9.74. The molecule has 2 fully saturated rings. The minimum Gasteiger partial charge on any atom is -0.445 e. The number of amides is 3. The van der Waals surface area contributed by atoms with Crippen molar-refractivity contribution in [2.75, 3.05) is 18.0 Å². The Balaban J connectivity index is 1.44. The summed E-state index contributed by atoms with van der Waals surface area (Å²) in [4.78, 5) is 43.5. The second-order valence-corrected chi connectivity index (χ2v) is 12.7. The first-order valence-corrected chi connectivity index (χ1v) is 15.8. The van der Waals surface area contributed by atoms with Gasteiger partial charge in [0.1, 0.15) is 6.61 Å². The Kier molecular flexibility index (Phi) is 9.56. The van der Waals surface area contributed by atoms with Crippen molar-refractivity contribution >= 4 is 23.6 Å². The summed E-state index contributed by atoms with van der Waals surface area (Å²) in [6.45, 7) is 3.84. The molecule has 0 unspecified atom stereocenters. The maximum atomic E-state index is 14.6. The third-order valence-electron chi connectivity index (χ3n) is 9.41. The van der Waals surface area contributed by atoms with Crippen LogP contribution < -0.4 is 10.2 Å². The molecule has 2 aromatic carbocycles. The second kappa shape index (κ2) is 13.2. The molecular formula is C34H42F3N3O4. The zero-order chi connectivity index (χ0) is 31.5. The molecule has 1 heterocycles. The van der Waals surface area contributed by atoms with E-state index in [2.05, 4.69) is 5.32 Å². The van der Waals surface area contributed by atoms with Crippen LogP contribution in [0.15, 0.2) is 42.5 Å². The van der Waals surface area contributed by atoms with Crippen LogP contribution in [0.4, 0.5) is 23.7 Å². The maximum Gasteiger partial charge on any atom is 0.417 e. The molecule has 2 aliphatic carbocycles. The summed E-state index contributed by atoms with van der Waals surface area (Å²) in [5.41, 5.74) is -0.598. The number of anilines is 1. The SMILES string of the molecule is CC(C)N(C(=O)c1cc2c(cc1C(F)(F)F)CC1(CCCC1)C(=O)N2CCNC(=O)OCc1ccccc1)C1CCCCC1. The average molecular weight is 614 g/mol. The third-order valence-corrected chi connectivity index (χ3v) is 9.41. The van der Waals surface area contributed by atoms with Crippen molar-refractivity contribution in [1.29, 1.82) is 0 Å². The molecule has 0 saturated heterocycles. The number of fused-ring (bicyclic) bond motifs is 1. The van der Waals surface area contributed by atoms with Crippen LogP contribution in [0.2, 0.25) is 0 Å². The predicted molar refractivity (Wildman–Crippen MR) is 161 cm³/mol. The zero-order valence-corrected chi connectivity index (χ0v) is 25.5. The molecule has 0 radical (unpaired) electrons. The molecule has 1 aliphatic heterocycles. The standard InChI is InChI=1S/C34H42F3N3O4/c1-23(2)40(26-13-7-4-8-14-26)30(41)27-20-29-25(19-28(27)34(35,36)37)21-33(15-9-10-16-33)31(42)39(29)18-17-38-32(43)44-22-24-11-5-3-6-12-24/h3,5-6,11-12,19-20,23,26H,4,7-10,13-18,21-22H2,1-2H3,(H,38,43). The van der Waals surface area contributed by atoms with E-state index >= 15 is 0 Å². The van der Waals surface area contributed by atoms with Crippen molar-refractivity contribution in [2.45, 2.75) is 103 Å². The fourth-order valence-corrected chi connectivity index (χ4v) is 7.30. The molecule has 1 spiro atoms. The molecule has 44 heavy (non-hydrogen) atoms. The molecule has 5 rings (SSSR count). The fourth-order valence-electron chi connectivity index (χ4n) is 7.30. The van der Waals surface area contributed by atoms with Crippen LogP contribution in [0.5, 0.6) is 0 Å². The summed E-state index contributed by atoms with van der Waals surface area (Å²) in [6.07, 6.45) is 2.09. The molecule has 3 aliphatic rings. The Bertz CT molecular complexity index is 1350. The van der Waals surface area contributed by atoms with E-state index in [1.54, 1.807) is 4.90 Å². The summed E-state index contributed by atoms with van der Waals surface area (Å²) >= 11 is 0. The van der Waals surface area contributed by atoms with Gasteiger partial charge in [-0.3, -0.25) is 9.59 Å². The lowest BCUT2D eigenvalue weighted by Crippen LogP contribution is -2.51. The molecule has 2 aromatic rings.